The van der Waals surface area contributed by atoms with Gasteiger partial charge in [0.05, 0.1) is 6.61 Å². The quantitative estimate of drug-likeness (QED) is 0.657. The second-order valence-corrected chi connectivity index (χ2v) is 5.77. The fourth-order valence-electron chi connectivity index (χ4n) is 1.84. The number of hydrogen-bond donors (Lipinski definition) is 2. The number of aliphatic hydroxyl groups is 1. The van der Waals surface area contributed by atoms with E-state index < -0.39 is 13.1 Å². The minimum atomic E-state index is -4.11. The van der Waals surface area contributed by atoms with Gasteiger partial charge in [0.25, 0.3) is 0 Å². The Labute approximate surface area is 111 Å². The number of fused-ring (bicyclic) bond motifs is 1. The van der Waals surface area contributed by atoms with Crippen LogP contribution >= 0.6 is 7.60 Å². The summed E-state index contributed by atoms with van der Waals surface area (Å²) in [6.45, 7) is 1.65. The molecule has 0 saturated carbocycles. The predicted octanol–water partition coefficient (Wildman–Crippen LogP) is 3.92. The van der Waals surface area contributed by atoms with Crippen LogP contribution in [0.3, 0.4) is 0 Å². The van der Waals surface area contributed by atoms with Crippen LogP contribution in [-0.2, 0) is 9.09 Å². The molecule has 0 bridgehead atoms. The molecule has 0 heterocycles. The second-order valence-electron chi connectivity index (χ2n) is 4.01. The van der Waals surface area contributed by atoms with Crippen LogP contribution in [0.2, 0.25) is 0 Å². The van der Waals surface area contributed by atoms with Gasteiger partial charge >= 0.3 is 7.60 Å². The van der Waals surface area contributed by atoms with Gasteiger partial charge in [0.1, 0.15) is 0 Å². The summed E-state index contributed by atoms with van der Waals surface area (Å²) in [6.07, 6.45) is 1.28. The summed E-state index contributed by atoms with van der Waals surface area (Å²) in [7, 11) is -4.11. The van der Waals surface area contributed by atoms with Gasteiger partial charge in [-0.1, -0.05) is 42.5 Å². The average molecular weight is 278 g/mol. The van der Waals surface area contributed by atoms with E-state index in [-0.39, 0.29) is 6.61 Å². The summed E-state index contributed by atoms with van der Waals surface area (Å²) in [5.74, 6) is 0. The monoisotopic (exact) mass is 278 g/mol. The van der Waals surface area contributed by atoms with Gasteiger partial charge in [-0.05, 0) is 29.3 Å². The Kier molecular flexibility index (Phi) is 4.05. The molecule has 100 valence electrons. The maximum Gasteiger partial charge on any atom is 0.392 e. The Morgan fingerprint density at radius 3 is 2.68 bits per heavy atom. The molecule has 0 aliphatic carbocycles. The Morgan fingerprint density at radius 2 is 1.95 bits per heavy atom. The van der Waals surface area contributed by atoms with Crippen molar-refractivity contribution in [2.75, 3.05) is 6.61 Å². The van der Waals surface area contributed by atoms with Crippen molar-refractivity contribution in [2.24, 2.45) is 0 Å². The molecule has 0 aromatic heterocycles. The van der Waals surface area contributed by atoms with Crippen LogP contribution in [0.15, 0.2) is 48.0 Å². The molecule has 0 aliphatic rings. The van der Waals surface area contributed by atoms with Crippen molar-refractivity contribution in [3.8, 4) is 0 Å². The highest BCUT2D eigenvalue weighted by atomic mass is 31.2. The van der Waals surface area contributed by atoms with Crippen LogP contribution in [0.5, 0.6) is 0 Å². The van der Waals surface area contributed by atoms with Crippen molar-refractivity contribution in [3.05, 3.63) is 53.5 Å². The second kappa shape index (κ2) is 5.57. The summed E-state index contributed by atoms with van der Waals surface area (Å²) in [6, 6.07) is 13.1. The normalized spacial score (nSPS) is 15.4. The third-order valence-electron chi connectivity index (χ3n) is 2.70. The zero-order chi connectivity index (χ0) is 13.9. The molecule has 0 fully saturated rings. The first-order valence-corrected chi connectivity index (χ1v) is 7.48. The first-order valence-electron chi connectivity index (χ1n) is 5.91. The smallest absolute Gasteiger partial charge is 0.392 e. The fraction of sp³-hybridized carbons (Fsp3) is 0.143. The molecule has 0 saturated heterocycles. The highest BCUT2D eigenvalue weighted by molar-refractivity contribution is 7.57. The highest BCUT2D eigenvalue weighted by Gasteiger charge is 2.24. The lowest BCUT2D eigenvalue weighted by Crippen LogP contribution is -1.92. The van der Waals surface area contributed by atoms with E-state index in [0.29, 0.717) is 5.56 Å². The van der Waals surface area contributed by atoms with Crippen LogP contribution in [0, 0.1) is 0 Å². The van der Waals surface area contributed by atoms with Crippen LogP contribution in [0.4, 0.5) is 0 Å². The van der Waals surface area contributed by atoms with Crippen LogP contribution in [-0.4, -0.2) is 16.6 Å². The predicted molar refractivity (Wildman–Crippen MR) is 76.0 cm³/mol. The van der Waals surface area contributed by atoms with E-state index in [2.05, 4.69) is 4.52 Å². The molecule has 1 atom stereocenters. The van der Waals surface area contributed by atoms with Gasteiger partial charge in [-0.25, -0.2) is 0 Å². The Hall–Kier alpha value is -1.61. The van der Waals surface area contributed by atoms with Crippen molar-refractivity contribution in [2.45, 2.75) is 6.92 Å². The molecule has 4 nitrogen and oxygen atoms in total. The zero-order valence-corrected chi connectivity index (χ0v) is 11.4. The van der Waals surface area contributed by atoms with Crippen molar-refractivity contribution < 1.29 is 19.1 Å². The van der Waals surface area contributed by atoms with Crippen molar-refractivity contribution in [3.63, 3.8) is 0 Å². The van der Waals surface area contributed by atoms with E-state index in [1.807, 2.05) is 36.4 Å². The standard InChI is InChI=1S/C14H15O4P/c1-2-18-19(16,17)14(15)10-12-8-5-7-11-6-3-4-9-13(11)12/h3-10,15H,2H2,1H3,(H,16,17). The maximum atomic E-state index is 11.7. The zero-order valence-electron chi connectivity index (χ0n) is 10.5. The van der Waals surface area contributed by atoms with Crippen LogP contribution in [0.25, 0.3) is 16.8 Å². The summed E-state index contributed by atoms with van der Waals surface area (Å²) in [5, 5.41) is 11.6. The number of benzene rings is 2. The molecule has 0 amide bonds. The Morgan fingerprint density at radius 1 is 1.26 bits per heavy atom. The Balaban J connectivity index is 2.49. The largest absolute Gasteiger partial charge is 0.501 e. The highest BCUT2D eigenvalue weighted by Crippen LogP contribution is 2.49. The number of aliphatic hydroxyl groups excluding tert-OH is 1. The molecule has 2 N–H and O–H groups in total. The topological polar surface area (TPSA) is 66.8 Å². The molecule has 0 spiro atoms. The van der Waals surface area contributed by atoms with Gasteiger partial charge in [-0.3, -0.25) is 4.57 Å². The molecular weight excluding hydrogens is 263 g/mol. The number of rotatable bonds is 4. The van der Waals surface area contributed by atoms with Gasteiger partial charge in [0, 0.05) is 0 Å². The lowest BCUT2D eigenvalue weighted by molar-refractivity contribution is 0.261. The average Bonchev–Trinajstić information content (AvgIpc) is 2.39. The minimum Gasteiger partial charge on any atom is -0.501 e. The molecule has 5 heteroatoms. The van der Waals surface area contributed by atoms with Gasteiger partial charge < -0.3 is 14.5 Å². The first kappa shape index (κ1) is 13.8. The van der Waals surface area contributed by atoms with E-state index in [9.17, 15) is 14.6 Å². The van der Waals surface area contributed by atoms with Gasteiger partial charge in [-0.2, -0.15) is 0 Å². The molecule has 0 aliphatic heterocycles. The molecule has 19 heavy (non-hydrogen) atoms. The van der Waals surface area contributed by atoms with Crippen LogP contribution in [0.1, 0.15) is 12.5 Å². The lowest BCUT2D eigenvalue weighted by Gasteiger charge is -2.10. The first-order chi connectivity index (χ1) is 9.04. The SMILES string of the molecule is CCOP(=O)(O)C(O)=Cc1cccc2ccccc12. The third kappa shape index (κ3) is 3.04. The molecule has 1 unspecified atom stereocenters. The molecule has 2 aromatic rings. The minimum absolute atomic E-state index is 0.0568. The van der Waals surface area contributed by atoms with Gasteiger partial charge in [0.2, 0.25) is 5.50 Å². The van der Waals surface area contributed by atoms with Crippen molar-refractivity contribution in [1.29, 1.82) is 0 Å². The summed E-state index contributed by atoms with van der Waals surface area (Å²) in [4.78, 5) is 9.53. The van der Waals surface area contributed by atoms with Crippen molar-refractivity contribution in [1.82, 2.24) is 0 Å². The van der Waals surface area contributed by atoms with Crippen LogP contribution < -0.4 is 0 Å². The molecule has 0 radical (unpaired) electrons. The summed E-state index contributed by atoms with van der Waals surface area (Å²) in [5.41, 5.74) is 0.0234. The van der Waals surface area contributed by atoms with E-state index in [1.165, 1.54) is 6.08 Å². The van der Waals surface area contributed by atoms with Gasteiger partial charge in [-0.15, -0.1) is 0 Å². The van der Waals surface area contributed by atoms with E-state index in [4.69, 9.17) is 0 Å². The molecular formula is C14H15O4P. The number of hydrogen-bond acceptors (Lipinski definition) is 3. The maximum absolute atomic E-state index is 11.7. The summed E-state index contributed by atoms with van der Waals surface area (Å²) >= 11 is 0. The van der Waals surface area contributed by atoms with Gasteiger partial charge in [0.15, 0.2) is 0 Å². The fourth-order valence-corrected chi connectivity index (χ4v) is 2.62. The molecule has 2 aromatic carbocycles. The van der Waals surface area contributed by atoms with E-state index >= 15 is 0 Å². The molecule has 2 rings (SSSR count). The van der Waals surface area contributed by atoms with E-state index in [1.54, 1.807) is 13.0 Å². The van der Waals surface area contributed by atoms with E-state index in [0.717, 1.165) is 10.8 Å². The summed E-state index contributed by atoms with van der Waals surface area (Å²) < 4.78 is 16.3. The lowest BCUT2D eigenvalue weighted by atomic mass is 10.0. The van der Waals surface area contributed by atoms with Crippen molar-refractivity contribution >= 4 is 24.4 Å². The Bertz CT molecular complexity index is 658. The third-order valence-corrected chi connectivity index (χ3v) is 4.02.